The molecule has 184 valence electrons. The molecule has 1 amide bonds. The summed E-state index contributed by atoms with van der Waals surface area (Å²) < 4.78 is 5.63. The van der Waals surface area contributed by atoms with Crippen LogP contribution in [0.3, 0.4) is 0 Å². The monoisotopic (exact) mass is 474 g/mol. The first-order valence-corrected chi connectivity index (χ1v) is 12.2. The number of aryl methyl sites for hydroxylation is 1. The Kier molecular flexibility index (Phi) is 7.66. The molecule has 2 heterocycles. The van der Waals surface area contributed by atoms with Crippen molar-refractivity contribution < 1.29 is 9.53 Å². The van der Waals surface area contributed by atoms with Crippen LogP contribution in [0.2, 0.25) is 0 Å². The predicted molar refractivity (Wildman–Crippen MR) is 136 cm³/mol. The van der Waals surface area contributed by atoms with Crippen LogP contribution in [-0.2, 0) is 30.8 Å². The van der Waals surface area contributed by atoms with Gasteiger partial charge in [0.15, 0.2) is 0 Å². The van der Waals surface area contributed by atoms with Gasteiger partial charge in [0, 0.05) is 37.1 Å². The Morgan fingerprint density at radius 3 is 2.57 bits per heavy atom. The van der Waals surface area contributed by atoms with E-state index in [0.29, 0.717) is 19.6 Å². The molecule has 1 aliphatic carbocycles. The summed E-state index contributed by atoms with van der Waals surface area (Å²) in [5, 5.41) is 3.60. The summed E-state index contributed by atoms with van der Waals surface area (Å²) in [5.41, 5.74) is 4.58. The lowest BCUT2D eigenvalue weighted by Gasteiger charge is -2.27. The Labute approximate surface area is 206 Å². The highest BCUT2D eigenvalue weighted by Gasteiger charge is 2.23. The summed E-state index contributed by atoms with van der Waals surface area (Å²) in [6, 6.07) is 17.6. The molecule has 2 aromatic heterocycles. The summed E-state index contributed by atoms with van der Waals surface area (Å²) in [4.78, 5) is 33.7. The largest absolute Gasteiger partial charge is 0.444 e. The highest BCUT2D eigenvalue weighted by atomic mass is 16.6. The molecule has 1 aliphatic rings. The maximum atomic E-state index is 12.9. The lowest BCUT2D eigenvalue weighted by Crippen LogP contribution is -2.36. The highest BCUT2D eigenvalue weighted by molar-refractivity contribution is 5.68. The van der Waals surface area contributed by atoms with E-state index in [1.54, 1.807) is 17.2 Å². The van der Waals surface area contributed by atoms with Crippen LogP contribution >= 0.6 is 0 Å². The van der Waals surface area contributed by atoms with Crippen LogP contribution in [0.15, 0.2) is 65.6 Å². The van der Waals surface area contributed by atoms with Gasteiger partial charge in [0.05, 0.1) is 12.2 Å². The molecule has 0 radical (unpaired) electrons. The average molecular weight is 475 g/mol. The van der Waals surface area contributed by atoms with Gasteiger partial charge < -0.3 is 15.0 Å². The van der Waals surface area contributed by atoms with Crippen molar-refractivity contribution in [3.8, 4) is 0 Å². The molecule has 0 saturated heterocycles. The van der Waals surface area contributed by atoms with Gasteiger partial charge in [0.25, 0.3) is 0 Å². The lowest BCUT2D eigenvalue weighted by molar-refractivity contribution is 0.0214. The number of pyridine rings is 2. The third-order valence-electron chi connectivity index (χ3n) is 6.01. The van der Waals surface area contributed by atoms with Crippen molar-refractivity contribution in [3.05, 3.63) is 99.2 Å². The second-order valence-electron chi connectivity index (χ2n) is 10.1. The Balaban J connectivity index is 1.41. The molecule has 7 nitrogen and oxygen atoms in total. The fourth-order valence-electron chi connectivity index (χ4n) is 4.32. The van der Waals surface area contributed by atoms with Crippen LogP contribution in [0.1, 0.15) is 67.7 Å². The van der Waals surface area contributed by atoms with Crippen molar-refractivity contribution in [1.29, 1.82) is 0 Å². The third-order valence-corrected chi connectivity index (χ3v) is 6.01. The average Bonchev–Trinajstić information content (AvgIpc) is 2.83. The Hall–Kier alpha value is -3.45. The number of fused-ring (bicyclic) bond motifs is 1. The van der Waals surface area contributed by atoms with Gasteiger partial charge in [-0.3, -0.25) is 14.7 Å². The molecule has 1 aromatic carbocycles. The van der Waals surface area contributed by atoms with E-state index in [9.17, 15) is 9.59 Å². The summed E-state index contributed by atoms with van der Waals surface area (Å²) in [6.07, 6.45) is 4.48. The van der Waals surface area contributed by atoms with Crippen LogP contribution < -0.4 is 10.9 Å². The minimum absolute atomic E-state index is 0.0537. The number of aromatic nitrogens is 2. The van der Waals surface area contributed by atoms with Crippen molar-refractivity contribution in [3.63, 3.8) is 0 Å². The number of aromatic amines is 1. The smallest absolute Gasteiger partial charge is 0.410 e. The van der Waals surface area contributed by atoms with Crippen LogP contribution in [-0.4, -0.2) is 26.6 Å². The molecule has 0 saturated carbocycles. The summed E-state index contributed by atoms with van der Waals surface area (Å²) in [5.74, 6) is 0. The van der Waals surface area contributed by atoms with Gasteiger partial charge in [-0.25, -0.2) is 4.79 Å². The molecule has 2 N–H and O–H groups in total. The molecule has 0 aliphatic heterocycles. The minimum Gasteiger partial charge on any atom is -0.444 e. The van der Waals surface area contributed by atoms with Crippen LogP contribution in [0.4, 0.5) is 4.79 Å². The Morgan fingerprint density at radius 1 is 1.09 bits per heavy atom. The zero-order valence-corrected chi connectivity index (χ0v) is 20.7. The first-order valence-electron chi connectivity index (χ1n) is 12.2. The van der Waals surface area contributed by atoms with E-state index in [4.69, 9.17) is 4.74 Å². The Morgan fingerprint density at radius 2 is 1.86 bits per heavy atom. The van der Waals surface area contributed by atoms with E-state index in [2.05, 4.69) is 27.4 Å². The number of benzene rings is 1. The quantitative estimate of drug-likeness (QED) is 0.510. The molecular formula is C28H34N4O3. The molecule has 7 heteroatoms. The number of nitrogens with one attached hydrogen (secondary N) is 2. The number of amides is 1. The maximum Gasteiger partial charge on any atom is 0.410 e. The van der Waals surface area contributed by atoms with Gasteiger partial charge in [-0.2, -0.15) is 0 Å². The minimum atomic E-state index is -0.572. The predicted octanol–water partition coefficient (Wildman–Crippen LogP) is 4.87. The van der Waals surface area contributed by atoms with E-state index in [1.165, 1.54) is 5.56 Å². The molecule has 0 bridgehead atoms. The van der Waals surface area contributed by atoms with E-state index in [1.807, 2.05) is 57.2 Å². The number of carbonyl (C=O) groups excluding carboxylic acids is 1. The first-order chi connectivity index (χ1) is 16.8. The SMILES string of the molecule is CC(C)(C)OC(=O)N(Cc1ccc(CNC2CCCc3ccc(=O)[nH]c32)cc1)Cc1ccccn1. The molecule has 0 spiro atoms. The van der Waals surface area contributed by atoms with Gasteiger partial charge >= 0.3 is 6.09 Å². The molecular weight excluding hydrogens is 440 g/mol. The highest BCUT2D eigenvalue weighted by Crippen LogP contribution is 2.27. The van der Waals surface area contributed by atoms with Crippen molar-refractivity contribution in [2.24, 2.45) is 0 Å². The van der Waals surface area contributed by atoms with E-state index in [0.717, 1.165) is 41.8 Å². The van der Waals surface area contributed by atoms with Crippen molar-refractivity contribution in [2.75, 3.05) is 0 Å². The van der Waals surface area contributed by atoms with E-state index in [-0.39, 0.29) is 17.7 Å². The standard InChI is InChI=1S/C28H34N4O3/c1-28(2,3)35-27(34)32(19-23-8-4-5-16-29-23)18-21-12-10-20(11-13-21)17-30-24-9-6-7-22-14-15-25(33)31-26(22)24/h4-5,8,10-16,24,30H,6-7,9,17-19H2,1-3H3,(H,31,33). The van der Waals surface area contributed by atoms with Crippen molar-refractivity contribution in [1.82, 2.24) is 20.2 Å². The van der Waals surface area contributed by atoms with E-state index < -0.39 is 5.60 Å². The van der Waals surface area contributed by atoms with Gasteiger partial charge in [-0.15, -0.1) is 0 Å². The number of hydrogen-bond acceptors (Lipinski definition) is 5. The summed E-state index contributed by atoms with van der Waals surface area (Å²) >= 11 is 0. The zero-order valence-electron chi connectivity index (χ0n) is 20.7. The van der Waals surface area contributed by atoms with Crippen LogP contribution in [0, 0.1) is 0 Å². The number of carbonyl (C=O) groups is 1. The summed E-state index contributed by atoms with van der Waals surface area (Å²) in [6.45, 7) is 7.10. The van der Waals surface area contributed by atoms with Gasteiger partial charge in [0.1, 0.15) is 5.60 Å². The molecule has 0 fully saturated rings. The lowest BCUT2D eigenvalue weighted by atomic mass is 9.92. The van der Waals surface area contributed by atoms with Gasteiger partial charge in [0.2, 0.25) is 5.56 Å². The molecule has 1 unspecified atom stereocenters. The topological polar surface area (TPSA) is 87.3 Å². The second-order valence-corrected chi connectivity index (χ2v) is 10.1. The molecule has 4 rings (SSSR count). The van der Waals surface area contributed by atoms with Crippen molar-refractivity contribution >= 4 is 6.09 Å². The maximum absolute atomic E-state index is 12.9. The van der Waals surface area contributed by atoms with Gasteiger partial charge in [-0.05, 0) is 68.9 Å². The van der Waals surface area contributed by atoms with Crippen molar-refractivity contribution in [2.45, 2.75) is 71.3 Å². The fraction of sp³-hybridized carbons (Fsp3) is 0.393. The van der Waals surface area contributed by atoms with E-state index >= 15 is 0 Å². The van der Waals surface area contributed by atoms with Gasteiger partial charge in [-0.1, -0.05) is 36.4 Å². The number of hydrogen-bond donors (Lipinski definition) is 2. The Bertz CT molecular complexity index is 1180. The zero-order chi connectivity index (χ0) is 24.8. The first kappa shape index (κ1) is 24.7. The number of ether oxygens (including phenoxy) is 1. The second kappa shape index (κ2) is 10.9. The fourth-order valence-corrected chi connectivity index (χ4v) is 4.32. The summed E-state index contributed by atoms with van der Waals surface area (Å²) in [7, 11) is 0. The molecule has 1 atom stereocenters. The molecule has 35 heavy (non-hydrogen) atoms. The normalized spacial score (nSPS) is 15.3. The third kappa shape index (κ3) is 7.02. The number of H-pyrrole nitrogens is 1. The number of nitrogens with zero attached hydrogens (tertiary/aromatic N) is 2. The number of rotatable bonds is 7. The molecule has 3 aromatic rings. The van der Waals surface area contributed by atoms with Crippen LogP contribution in [0.5, 0.6) is 0 Å². The van der Waals surface area contributed by atoms with Crippen LogP contribution in [0.25, 0.3) is 0 Å².